The van der Waals surface area contributed by atoms with Gasteiger partial charge in [0.1, 0.15) is 12.1 Å². The molecule has 18 heavy (non-hydrogen) atoms. The molecule has 2 aliphatic rings. The summed E-state index contributed by atoms with van der Waals surface area (Å²) < 4.78 is 7.85. The molecule has 0 radical (unpaired) electrons. The van der Waals surface area contributed by atoms with Gasteiger partial charge in [-0.2, -0.15) is 4.98 Å². The van der Waals surface area contributed by atoms with Gasteiger partial charge in [-0.1, -0.05) is 18.2 Å². The molecule has 0 N–H and O–H groups in total. The van der Waals surface area contributed by atoms with Crippen LogP contribution in [0, 0.1) is 0 Å². The fourth-order valence-electron chi connectivity index (χ4n) is 2.56. The van der Waals surface area contributed by atoms with E-state index < -0.39 is 0 Å². The molecular formula is C14H10N2O2. The molecule has 4 nitrogen and oxygen atoms in total. The molecule has 0 amide bonds. The Morgan fingerprint density at radius 3 is 3.11 bits per heavy atom. The van der Waals surface area contributed by atoms with Crippen molar-refractivity contribution in [1.82, 2.24) is 9.55 Å². The van der Waals surface area contributed by atoms with Crippen molar-refractivity contribution in [2.24, 2.45) is 0 Å². The Morgan fingerprint density at radius 2 is 2.17 bits per heavy atom. The molecule has 0 bridgehead atoms. The van der Waals surface area contributed by atoms with Crippen molar-refractivity contribution in [1.29, 1.82) is 0 Å². The molecular weight excluding hydrogens is 228 g/mol. The third-order valence-corrected chi connectivity index (χ3v) is 3.36. The van der Waals surface area contributed by atoms with Gasteiger partial charge in [0.25, 0.3) is 5.56 Å². The first-order valence-corrected chi connectivity index (χ1v) is 5.93. The van der Waals surface area contributed by atoms with E-state index in [4.69, 9.17) is 4.74 Å². The van der Waals surface area contributed by atoms with Gasteiger partial charge in [-0.25, -0.2) is 0 Å². The van der Waals surface area contributed by atoms with Crippen LogP contribution in [-0.2, 0) is 0 Å². The lowest BCUT2D eigenvalue weighted by Gasteiger charge is -2.23. The maximum Gasteiger partial charge on any atom is 0.280 e. The van der Waals surface area contributed by atoms with Gasteiger partial charge in [0.15, 0.2) is 5.75 Å². The van der Waals surface area contributed by atoms with Crippen molar-refractivity contribution in [3.05, 3.63) is 51.5 Å². The molecule has 0 atom stereocenters. The maximum absolute atomic E-state index is 11.8. The third-order valence-electron chi connectivity index (χ3n) is 3.36. The van der Waals surface area contributed by atoms with E-state index in [0.717, 1.165) is 35.4 Å². The number of nitrogens with zero attached hydrogens (tertiary/aromatic N) is 2. The molecule has 0 unspecified atom stereocenters. The van der Waals surface area contributed by atoms with Crippen LogP contribution in [0.4, 0.5) is 0 Å². The highest BCUT2D eigenvalue weighted by atomic mass is 16.5. The van der Waals surface area contributed by atoms with Gasteiger partial charge < -0.3 is 4.74 Å². The Labute approximate surface area is 102 Å². The number of benzene rings is 1. The maximum atomic E-state index is 11.8. The standard InChI is InChI=1S/C14H10N2O2/c17-14-9-4-3-7-12-13(9)16(8-15-14)10-5-1-2-6-11(10)18-12/h1-2,4-6,8H,3,7H2. The summed E-state index contributed by atoms with van der Waals surface area (Å²) in [5.74, 6) is 1.68. The molecule has 0 fully saturated rings. The lowest BCUT2D eigenvalue weighted by atomic mass is 10.1. The smallest absolute Gasteiger partial charge is 0.280 e. The van der Waals surface area contributed by atoms with E-state index in [-0.39, 0.29) is 5.56 Å². The first-order valence-electron chi connectivity index (χ1n) is 5.93. The van der Waals surface area contributed by atoms with Crippen molar-refractivity contribution < 1.29 is 4.74 Å². The topological polar surface area (TPSA) is 44.1 Å². The summed E-state index contributed by atoms with van der Waals surface area (Å²) in [6.45, 7) is 0. The minimum atomic E-state index is -0.179. The largest absolute Gasteiger partial charge is 0.457 e. The molecule has 4 heteroatoms. The average molecular weight is 238 g/mol. The van der Waals surface area contributed by atoms with Crippen molar-refractivity contribution in [2.45, 2.75) is 12.8 Å². The minimum Gasteiger partial charge on any atom is -0.457 e. The summed E-state index contributed by atoms with van der Waals surface area (Å²) in [7, 11) is 0. The van der Waals surface area contributed by atoms with Crippen molar-refractivity contribution in [2.75, 3.05) is 0 Å². The van der Waals surface area contributed by atoms with E-state index >= 15 is 0 Å². The highest BCUT2D eigenvalue weighted by Crippen LogP contribution is 2.27. The van der Waals surface area contributed by atoms with Crippen LogP contribution in [0.2, 0.25) is 0 Å². The van der Waals surface area contributed by atoms with Gasteiger partial charge in [0.05, 0.1) is 16.3 Å². The molecule has 88 valence electrons. The Kier molecular flexibility index (Phi) is 1.78. The van der Waals surface area contributed by atoms with E-state index in [0.29, 0.717) is 5.22 Å². The number of aromatic nitrogens is 2. The van der Waals surface area contributed by atoms with E-state index in [9.17, 15) is 4.79 Å². The van der Waals surface area contributed by atoms with Gasteiger partial charge in [-0.05, 0) is 18.6 Å². The molecule has 1 aliphatic carbocycles. The van der Waals surface area contributed by atoms with Crippen LogP contribution in [0.25, 0.3) is 17.5 Å². The van der Waals surface area contributed by atoms with Crippen molar-refractivity contribution >= 4 is 11.8 Å². The van der Waals surface area contributed by atoms with Crippen LogP contribution >= 0.6 is 0 Å². The number of fused-ring (bicyclic) bond motifs is 2. The molecule has 1 aliphatic heterocycles. The van der Waals surface area contributed by atoms with Gasteiger partial charge in [0.2, 0.25) is 0 Å². The minimum absolute atomic E-state index is 0.179. The fraction of sp³-hybridized carbons (Fsp3) is 0.143. The van der Waals surface area contributed by atoms with Crippen LogP contribution in [0.15, 0.2) is 35.4 Å². The van der Waals surface area contributed by atoms with Gasteiger partial charge in [-0.3, -0.25) is 9.36 Å². The third kappa shape index (κ3) is 1.14. The molecule has 0 saturated carbocycles. The first kappa shape index (κ1) is 9.65. The number of ether oxygens (including phenoxy) is 1. The lowest BCUT2D eigenvalue weighted by molar-refractivity contribution is 0.462. The molecule has 0 spiro atoms. The zero-order valence-corrected chi connectivity index (χ0v) is 9.59. The molecule has 4 rings (SSSR count). The second-order valence-corrected chi connectivity index (χ2v) is 4.42. The summed E-state index contributed by atoms with van der Waals surface area (Å²) in [6.07, 6.45) is 5.18. The SMILES string of the molecule is O=c1ncn2c3c1=CCCC=3Oc1ccccc1-2. The van der Waals surface area contributed by atoms with Crippen molar-refractivity contribution in [3.8, 4) is 11.4 Å². The number of hydrogen-bond donors (Lipinski definition) is 0. The van der Waals surface area contributed by atoms with Gasteiger partial charge in [-0.15, -0.1) is 0 Å². The Hall–Kier alpha value is -2.36. The second-order valence-electron chi connectivity index (χ2n) is 4.42. The highest BCUT2D eigenvalue weighted by Gasteiger charge is 2.20. The Bertz CT molecular complexity index is 834. The van der Waals surface area contributed by atoms with Crippen molar-refractivity contribution in [3.63, 3.8) is 0 Å². The summed E-state index contributed by atoms with van der Waals surface area (Å²) in [6, 6.07) is 7.79. The van der Waals surface area contributed by atoms with Gasteiger partial charge in [0, 0.05) is 6.42 Å². The predicted octanol–water partition coefficient (Wildman–Crippen LogP) is 0.307. The second kappa shape index (κ2) is 3.32. The van der Waals surface area contributed by atoms with Crippen LogP contribution in [0.5, 0.6) is 5.75 Å². The quantitative estimate of drug-likeness (QED) is 0.663. The van der Waals surface area contributed by atoms with Crippen LogP contribution in [-0.4, -0.2) is 9.55 Å². The lowest BCUT2D eigenvalue weighted by Crippen LogP contribution is -2.50. The molecule has 2 aromatic rings. The van der Waals surface area contributed by atoms with E-state index in [1.807, 2.05) is 34.9 Å². The van der Waals surface area contributed by atoms with E-state index in [1.54, 1.807) is 6.33 Å². The number of hydrogen-bond acceptors (Lipinski definition) is 3. The average Bonchev–Trinajstić information content (AvgIpc) is 2.42. The van der Waals surface area contributed by atoms with E-state index in [2.05, 4.69) is 4.98 Å². The number of rotatable bonds is 0. The van der Waals surface area contributed by atoms with Crippen LogP contribution in [0.1, 0.15) is 12.8 Å². The summed E-state index contributed by atoms with van der Waals surface area (Å²) in [5, 5.41) is 1.52. The molecule has 1 aromatic heterocycles. The van der Waals surface area contributed by atoms with E-state index in [1.165, 1.54) is 0 Å². The van der Waals surface area contributed by atoms with Crippen LogP contribution in [0.3, 0.4) is 0 Å². The predicted molar refractivity (Wildman–Crippen MR) is 66.8 cm³/mol. The first-order chi connectivity index (χ1) is 8.84. The van der Waals surface area contributed by atoms with Gasteiger partial charge >= 0.3 is 0 Å². The molecule has 1 aromatic carbocycles. The normalized spacial score (nSPS) is 15.2. The summed E-state index contributed by atoms with van der Waals surface area (Å²) in [4.78, 5) is 15.7. The number of para-hydroxylation sites is 2. The van der Waals surface area contributed by atoms with Crippen LogP contribution < -0.4 is 20.9 Å². The zero-order chi connectivity index (χ0) is 12.1. The Balaban J connectivity index is 2.24. The highest BCUT2D eigenvalue weighted by molar-refractivity contribution is 5.58. The summed E-state index contributed by atoms with van der Waals surface area (Å²) in [5.41, 5.74) is 0.752. The Morgan fingerprint density at radius 1 is 1.28 bits per heavy atom. The molecule has 0 saturated heterocycles. The fourth-order valence-corrected chi connectivity index (χ4v) is 2.56. The molecule has 2 heterocycles. The summed E-state index contributed by atoms with van der Waals surface area (Å²) >= 11 is 0. The monoisotopic (exact) mass is 238 g/mol. The zero-order valence-electron chi connectivity index (χ0n) is 9.59.